The number of hydrogen-bond acceptors (Lipinski definition) is 4. The second-order valence-corrected chi connectivity index (χ2v) is 15.1. The smallest absolute Gasteiger partial charge is 0.238 e. The Morgan fingerprint density at radius 1 is 0.448 bits per heavy atom. The van der Waals surface area contributed by atoms with Gasteiger partial charge < -0.3 is 4.57 Å². The fourth-order valence-corrected chi connectivity index (χ4v) is 9.14. The molecule has 1 unspecified atom stereocenters. The van der Waals surface area contributed by atoms with E-state index >= 15 is 0 Å². The van der Waals surface area contributed by atoms with E-state index in [4.69, 9.17) is 19.9 Å². The Hall–Kier alpha value is -7.64. The maximum Gasteiger partial charge on any atom is 0.238 e. The molecule has 0 fully saturated rings. The minimum Gasteiger partial charge on any atom is -0.307 e. The normalized spacial score (nSPS) is 14.4. The van der Waals surface area contributed by atoms with Crippen LogP contribution in [0.3, 0.4) is 0 Å². The molecule has 7 heteroatoms. The van der Waals surface area contributed by atoms with Crippen molar-refractivity contribution < 1.29 is 0 Å². The fourth-order valence-electron chi connectivity index (χ4n) is 9.14. The average molecular weight is 746 g/mol. The van der Waals surface area contributed by atoms with Crippen LogP contribution in [0.15, 0.2) is 176 Å². The highest BCUT2D eigenvalue weighted by molar-refractivity contribution is 6.23. The molecule has 12 rings (SSSR count). The van der Waals surface area contributed by atoms with E-state index in [1.54, 1.807) is 0 Å². The lowest BCUT2D eigenvalue weighted by Gasteiger charge is -2.18. The monoisotopic (exact) mass is 745 g/mol. The van der Waals surface area contributed by atoms with E-state index < -0.39 is 0 Å². The van der Waals surface area contributed by atoms with Crippen molar-refractivity contribution in [2.75, 3.05) is 0 Å². The van der Waals surface area contributed by atoms with Crippen molar-refractivity contribution in [1.82, 2.24) is 33.6 Å². The predicted molar refractivity (Wildman–Crippen MR) is 237 cm³/mol. The van der Waals surface area contributed by atoms with Gasteiger partial charge in [0.05, 0.1) is 33.1 Å². The first-order valence-electron chi connectivity index (χ1n) is 19.8. The molecule has 0 amide bonds. The van der Waals surface area contributed by atoms with Gasteiger partial charge in [0, 0.05) is 43.6 Å². The van der Waals surface area contributed by atoms with Crippen molar-refractivity contribution >= 4 is 71.0 Å². The summed E-state index contributed by atoms with van der Waals surface area (Å²) in [6.45, 7) is 2.24. The summed E-state index contributed by atoms with van der Waals surface area (Å²) in [5.41, 5.74) is 9.35. The van der Waals surface area contributed by atoms with Crippen LogP contribution in [0.4, 0.5) is 0 Å². The molecule has 0 spiro atoms. The van der Waals surface area contributed by atoms with Gasteiger partial charge in [-0.15, -0.1) is 0 Å². The molecule has 58 heavy (non-hydrogen) atoms. The van der Waals surface area contributed by atoms with Crippen LogP contribution in [0, 0.1) is 5.92 Å². The van der Waals surface area contributed by atoms with Gasteiger partial charge in [-0.25, -0.2) is 9.97 Å². The summed E-state index contributed by atoms with van der Waals surface area (Å²) in [5.74, 6) is 2.76. The lowest BCUT2D eigenvalue weighted by molar-refractivity contribution is 0.744. The summed E-state index contributed by atoms with van der Waals surface area (Å²) in [7, 11) is 0. The summed E-state index contributed by atoms with van der Waals surface area (Å²) in [6, 6.07) is 55.5. The number of aromatic nitrogens is 7. The van der Waals surface area contributed by atoms with Crippen LogP contribution in [0.25, 0.3) is 100.0 Å². The Kier molecular flexibility index (Phi) is 7.13. The third-order valence-corrected chi connectivity index (χ3v) is 11.8. The van der Waals surface area contributed by atoms with Crippen LogP contribution in [0.5, 0.6) is 0 Å². The molecule has 274 valence electrons. The van der Waals surface area contributed by atoms with Gasteiger partial charge in [0.15, 0.2) is 11.6 Å². The Morgan fingerprint density at radius 3 is 1.62 bits per heavy atom. The highest BCUT2D eigenvalue weighted by Gasteiger charge is 2.25. The van der Waals surface area contributed by atoms with Crippen molar-refractivity contribution in [2.45, 2.75) is 13.3 Å². The molecule has 5 aromatic heterocycles. The lowest BCUT2D eigenvalue weighted by Crippen LogP contribution is -2.12. The van der Waals surface area contributed by atoms with Crippen molar-refractivity contribution in [3.63, 3.8) is 0 Å². The van der Waals surface area contributed by atoms with Gasteiger partial charge in [0.1, 0.15) is 11.5 Å². The van der Waals surface area contributed by atoms with E-state index in [-0.39, 0.29) is 5.92 Å². The molecule has 0 saturated carbocycles. The van der Waals surface area contributed by atoms with Gasteiger partial charge in [0.2, 0.25) is 5.95 Å². The molecule has 0 N–H and O–H groups in total. The van der Waals surface area contributed by atoms with Crippen LogP contribution >= 0.6 is 0 Å². The number of pyridine rings is 1. The maximum absolute atomic E-state index is 5.39. The summed E-state index contributed by atoms with van der Waals surface area (Å²) < 4.78 is 6.87. The van der Waals surface area contributed by atoms with Gasteiger partial charge >= 0.3 is 0 Å². The van der Waals surface area contributed by atoms with Crippen molar-refractivity contribution in [3.8, 4) is 29.0 Å². The number of para-hydroxylation sites is 5. The molecule has 0 aliphatic heterocycles. The van der Waals surface area contributed by atoms with Gasteiger partial charge in [-0.05, 0) is 60.9 Å². The standard InChI is InChI=1S/C51H35N7/c1-32-16-5-6-19-34(32)49-53-50(41-24-15-29-46(52-41)57-43-26-12-7-20-35(43)36-21-8-13-27-44(36)57)55-51(54-49)58-45-28-14-10-23-38(45)40-31-30-39-37-22-9-11-25-42(37)56(47(39)48(40)58)33-17-3-2-4-18-33/h2-15,17-32H,16H2,1H3. The molecule has 0 bridgehead atoms. The second kappa shape index (κ2) is 12.7. The highest BCUT2D eigenvalue weighted by atomic mass is 15.2. The molecule has 5 heterocycles. The molecular formula is C51H35N7. The SMILES string of the molecule is CC1CC=CC=C1c1nc(-c2cccc(-n3c4ccccc4c4ccccc43)n2)nc(-n2c3ccccc3c3ccc4c5ccccc5n(-c5ccccc5)c4c32)n1. The van der Waals surface area contributed by atoms with Crippen LogP contribution in [0.1, 0.15) is 19.2 Å². The third kappa shape index (κ3) is 4.80. The van der Waals surface area contributed by atoms with Crippen LogP contribution in [0.2, 0.25) is 0 Å². The van der Waals surface area contributed by atoms with E-state index in [0.717, 1.165) is 67.4 Å². The fraction of sp³-hybridized carbons (Fsp3) is 0.0588. The summed E-state index contributed by atoms with van der Waals surface area (Å²) >= 11 is 0. The zero-order valence-corrected chi connectivity index (χ0v) is 31.7. The van der Waals surface area contributed by atoms with Crippen LogP contribution in [-0.4, -0.2) is 33.6 Å². The van der Waals surface area contributed by atoms with Gasteiger partial charge in [0.25, 0.3) is 0 Å². The first-order chi connectivity index (χ1) is 28.7. The molecule has 1 aliphatic carbocycles. The van der Waals surface area contributed by atoms with Crippen molar-refractivity contribution in [2.24, 2.45) is 5.92 Å². The molecule has 0 radical (unpaired) electrons. The number of benzene rings is 6. The summed E-state index contributed by atoms with van der Waals surface area (Å²) in [5, 5.41) is 6.99. The average Bonchev–Trinajstić information content (AvgIpc) is 3.93. The Morgan fingerprint density at radius 2 is 0.983 bits per heavy atom. The quantitative estimate of drug-likeness (QED) is 0.176. The van der Waals surface area contributed by atoms with Gasteiger partial charge in [-0.3, -0.25) is 9.13 Å². The van der Waals surface area contributed by atoms with E-state index in [9.17, 15) is 0 Å². The molecule has 0 saturated heterocycles. The van der Waals surface area contributed by atoms with E-state index in [1.165, 1.54) is 21.5 Å². The summed E-state index contributed by atoms with van der Waals surface area (Å²) in [6.07, 6.45) is 7.38. The molecule has 1 atom stereocenters. The predicted octanol–water partition coefficient (Wildman–Crippen LogP) is 12.2. The number of hydrogen-bond donors (Lipinski definition) is 0. The Labute approximate surface area is 333 Å². The van der Waals surface area contributed by atoms with Gasteiger partial charge in [-0.1, -0.05) is 134 Å². The largest absolute Gasteiger partial charge is 0.307 e. The first kappa shape index (κ1) is 32.6. The second-order valence-electron chi connectivity index (χ2n) is 15.1. The van der Waals surface area contributed by atoms with Crippen LogP contribution < -0.4 is 0 Å². The third-order valence-electron chi connectivity index (χ3n) is 11.8. The molecular weight excluding hydrogens is 711 g/mol. The highest BCUT2D eigenvalue weighted by Crippen LogP contribution is 2.42. The number of nitrogens with zero attached hydrogens (tertiary/aromatic N) is 7. The number of allylic oxidation sites excluding steroid dienone is 4. The Balaban J connectivity index is 1.17. The first-order valence-corrected chi connectivity index (χ1v) is 19.8. The van der Waals surface area contributed by atoms with Crippen molar-refractivity contribution in [1.29, 1.82) is 0 Å². The summed E-state index contributed by atoms with van der Waals surface area (Å²) in [4.78, 5) is 21.4. The zero-order valence-electron chi connectivity index (χ0n) is 31.7. The van der Waals surface area contributed by atoms with E-state index in [1.807, 2.05) is 6.07 Å². The van der Waals surface area contributed by atoms with Crippen LogP contribution in [-0.2, 0) is 0 Å². The Bertz CT molecular complexity index is 3460. The topological polar surface area (TPSA) is 66.3 Å². The minimum atomic E-state index is 0.232. The molecule has 7 nitrogen and oxygen atoms in total. The van der Waals surface area contributed by atoms with E-state index in [2.05, 4.69) is 191 Å². The molecule has 6 aromatic carbocycles. The number of fused-ring (bicyclic) bond motifs is 10. The van der Waals surface area contributed by atoms with E-state index in [0.29, 0.717) is 23.3 Å². The molecule has 1 aliphatic rings. The maximum atomic E-state index is 5.39. The minimum absolute atomic E-state index is 0.232. The lowest BCUT2D eigenvalue weighted by atomic mass is 9.93. The van der Waals surface area contributed by atoms with Gasteiger partial charge in [-0.2, -0.15) is 9.97 Å². The number of rotatable bonds is 5. The molecule has 11 aromatic rings. The van der Waals surface area contributed by atoms with Crippen molar-refractivity contribution in [3.05, 3.63) is 182 Å². The zero-order chi connectivity index (χ0) is 38.3.